The first kappa shape index (κ1) is 17.2. The Morgan fingerprint density at radius 2 is 1.74 bits per heavy atom. The van der Waals surface area contributed by atoms with E-state index < -0.39 is 0 Å². The Labute approximate surface area is 140 Å². The fourth-order valence-corrected chi connectivity index (χ4v) is 2.37. The summed E-state index contributed by atoms with van der Waals surface area (Å²) in [6, 6.07) is 14.6. The smallest absolute Gasteiger partial charge is 0.121 e. The van der Waals surface area contributed by atoms with Crippen LogP contribution in [0.15, 0.2) is 42.5 Å². The van der Waals surface area contributed by atoms with Gasteiger partial charge in [0.2, 0.25) is 0 Å². The van der Waals surface area contributed by atoms with Gasteiger partial charge in [0.25, 0.3) is 0 Å². The van der Waals surface area contributed by atoms with Crippen molar-refractivity contribution >= 4 is 11.4 Å². The highest BCUT2D eigenvalue weighted by molar-refractivity contribution is 5.52. The second-order valence-electron chi connectivity index (χ2n) is 6.40. The van der Waals surface area contributed by atoms with Crippen LogP contribution in [0.3, 0.4) is 0 Å². The highest BCUT2D eigenvalue weighted by Crippen LogP contribution is 2.18. The molecule has 0 aliphatic heterocycles. The molecule has 2 aromatic rings. The number of rotatable bonds is 8. The van der Waals surface area contributed by atoms with Gasteiger partial charge in [0.15, 0.2) is 0 Å². The van der Waals surface area contributed by atoms with Crippen LogP contribution in [0.2, 0.25) is 0 Å². The standard InChI is InChI=1S/C20H28N2O/c1-15(2)14-23-19-7-5-6-18(13-19)21-10-11-22-20-9-8-16(3)12-17(20)4/h5-9,12-13,15,21-22H,10-11,14H2,1-4H3. The lowest BCUT2D eigenvalue weighted by atomic mass is 10.1. The van der Waals surface area contributed by atoms with E-state index in [2.05, 4.69) is 68.7 Å². The first-order valence-electron chi connectivity index (χ1n) is 8.32. The summed E-state index contributed by atoms with van der Waals surface area (Å²) < 4.78 is 5.76. The third-order valence-electron chi connectivity index (χ3n) is 3.57. The molecule has 0 unspecified atom stereocenters. The Hall–Kier alpha value is -2.16. The molecule has 2 N–H and O–H groups in total. The SMILES string of the molecule is Cc1ccc(NCCNc2cccc(OCC(C)C)c2)c(C)c1. The molecule has 3 heteroatoms. The van der Waals surface area contributed by atoms with Gasteiger partial charge in [-0.2, -0.15) is 0 Å². The van der Waals surface area contributed by atoms with Crippen molar-refractivity contribution in [1.82, 2.24) is 0 Å². The average molecular weight is 312 g/mol. The molecule has 0 saturated heterocycles. The van der Waals surface area contributed by atoms with E-state index in [0.29, 0.717) is 5.92 Å². The zero-order valence-electron chi connectivity index (χ0n) is 14.6. The monoisotopic (exact) mass is 312 g/mol. The van der Waals surface area contributed by atoms with Gasteiger partial charge in [0.05, 0.1) is 6.61 Å². The Balaban J connectivity index is 1.78. The molecule has 0 radical (unpaired) electrons. The van der Waals surface area contributed by atoms with Gasteiger partial charge in [-0.15, -0.1) is 0 Å². The summed E-state index contributed by atoms with van der Waals surface area (Å²) in [5, 5.41) is 6.90. The van der Waals surface area contributed by atoms with E-state index in [1.165, 1.54) is 16.8 Å². The molecular formula is C20H28N2O. The summed E-state index contributed by atoms with van der Waals surface area (Å²) in [5.74, 6) is 1.46. The Bertz CT molecular complexity index is 623. The highest BCUT2D eigenvalue weighted by Gasteiger charge is 2.00. The van der Waals surface area contributed by atoms with E-state index in [9.17, 15) is 0 Å². The van der Waals surface area contributed by atoms with E-state index in [1.807, 2.05) is 12.1 Å². The fraction of sp³-hybridized carbons (Fsp3) is 0.400. The molecule has 0 aliphatic rings. The molecule has 0 fully saturated rings. The van der Waals surface area contributed by atoms with Crippen LogP contribution in [-0.4, -0.2) is 19.7 Å². The van der Waals surface area contributed by atoms with Crippen molar-refractivity contribution in [2.24, 2.45) is 5.92 Å². The lowest BCUT2D eigenvalue weighted by Gasteiger charge is -2.13. The van der Waals surface area contributed by atoms with Crippen LogP contribution in [0.1, 0.15) is 25.0 Å². The van der Waals surface area contributed by atoms with Gasteiger partial charge in [0, 0.05) is 30.5 Å². The molecular weight excluding hydrogens is 284 g/mol. The molecule has 3 nitrogen and oxygen atoms in total. The number of ether oxygens (including phenoxy) is 1. The lowest BCUT2D eigenvalue weighted by molar-refractivity contribution is 0.271. The summed E-state index contributed by atoms with van der Waals surface area (Å²) in [6.07, 6.45) is 0. The van der Waals surface area contributed by atoms with Gasteiger partial charge in [-0.25, -0.2) is 0 Å². The van der Waals surface area contributed by atoms with Crippen molar-refractivity contribution in [3.8, 4) is 5.75 Å². The number of aryl methyl sites for hydroxylation is 2. The molecule has 0 aliphatic carbocycles. The first-order valence-corrected chi connectivity index (χ1v) is 8.32. The molecule has 0 atom stereocenters. The summed E-state index contributed by atoms with van der Waals surface area (Å²) in [7, 11) is 0. The Kier molecular flexibility index (Phi) is 6.33. The van der Waals surface area contributed by atoms with Gasteiger partial charge < -0.3 is 15.4 Å². The van der Waals surface area contributed by atoms with E-state index >= 15 is 0 Å². The lowest BCUT2D eigenvalue weighted by Crippen LogP contribution is -2.14. The van der Waals surface area contributed by atoms with Crippen LogP contribution in [0, 0.1) is 19.8 Å². The molecule has 23 heavy (non-hydrogen) atoms. The van der Waals surface area contributed by atoms with Crippen LogP contribution < -0.4 is 15.4 Å². The topological polar surface area (TPSA) is 33.3 Å². The molecule has 0 heterocycles. The molecule has 0 bridgehead atoms. The van der Waals surface area contributed by atoms with Gasteiger partial charge in [-0.05, 0) is 43.5 Å². The minimum Gasteiger partial charge on any atom is -0.493 e. The Morgan fingerprint density at radius 3 is 2.48 bits per heavy atom. The van der Waals surface area contributed by atoms with Crippen LogP contribution in [0.25, 0.3) is 0 Å². The molecule has 0 aromatic heterocycles. The van der Waals surface area contributed by atoms with Crippen LogP contribution in [0.5, 0.6) is 5.75 Å². The highest BCUT2D eigenvalue weighted by atomic mass is 16.5. The van der Waals surface area contributed by atoms with Crippen molar-refractivity contribution in [3.63, 3.8) is 0 Å². The largest absolute Gasteiger partial charge is 0.493 e. The van der Waals surface area contributed by atoms with Crippen molar-refractivity contribution in [2.75, 3.05) is 30.3 Å². The second-order valence-corrected chi connectivity index (χ2v) is 6.40. The number of anilines is 2. The van der Waals surface area contributed by atoms with Gasteiger partial charge in [0.1, 0.15) is 5.75 Å². The van der Waals surface area contributed by atoms with Crippen molar-refractivity contribution in [1.29, 1.82) is 0 Å². The third kappa shape index (κ3) is 5.85. The molecule has 124 valence electrons. The molecule has 2 aromatic carbocycles. The summed E-state index contributed by atoms with van der Waals surface area (Å²) in [5.41, 5.74) is 4.87. The van der Waals surface area contributed by atoms with E-state index in [-0.39, 0.29) is 0 Å². The molecule has 0 saturated carbocycles. The quantitative estimate of drug-likeness (QED) is 0.683. The number of hydrogen-bond donors (Lipinski definition) is 2. The van der Waals surface area contributed by atoms with Crippen LogP contribution >= 0.6 is 0 Å². The Morgan fingerprint density at radius 1 is 0.957 bits per heavy atom. The molecule has 0 amide bonds. The van der Waals surface area contributed by atoms with Gasteiger partial charge in [-0.1, -0.05) is 37.6 Å². The van der Waals surface area contributed by atoms with Crippen molar-refractivity contribution in [3.05, 3.63) is 53.6 Å². The number of hydrogen-bond acceptors (Lipinski definition) is 3. The maximum Gasteiger partial charge on any atom is 0.121 e. The predicted molar refractivity (Wildman–Crippen MR) is 99.7 cm³/mol. The van der Waals surface area contributed by atoms with E-state index in [4.69, 9.17) is 4.74 Å². The fourth-order valence-electron chi connectivity index (χ4n) is 2.37. The second kappa shape index (κ2) is 8.47. The number of nitrogens with one attached hydrogen (secondary N) is 2. The van der Waals surface area contributed by atoms with Crippen molar-refractivity contribution < 1.29 is 4.74 Å². The molecule has 0 spiro atoms. The third-order valence-corrected chi connectivity index (χ3v) is 3.57. The zero-order chi connectivity index (χ0) is 16.7. The zero-order valence-corrected chi connectivity index (χ0v) is 14.6. The predicted octanol–water partition coefficient (Wildman–Crippen LogP) is 4.86. The van der Waals surface area contributed by atoms with Crippen LogP contribution in [0.4, 0.5) is 11.4 Å². The van der Waals surface area contributed by atoms with Gasteiger partial charge >= 0.3 is 0 Å². The minimum absolute atomic E-state index is 0.536. The summed E-state index contributed by atoms with van der Waals surface area (Å²) >= 11 is 0. The minimum atomic E-state index is 0.536. The maximum absolute atomic E-state index is 5.76. The normalized spacial score (nSPS) is 10.7. The maximum atomic E-state index is 5.76. The summed E-state index contributed by atoms with van der Waals surface area (Å²) in [4.78, 5) is 0. The van der Waals surface area contributed by atoms with E-state index in [1.54, 1.807) is 0 Å². The summed E-state index contributed by atoms with van der Waals surface area (Å²) in [6.45, 7) is 11.0. The van der Waals surface area contributed by atoms with Crippen molar-refractivity contribution in [2.45, 2.75) is 27.7 Å². The van der Waals surface area contributed by atoms with Crippen LogP contribution in [-0.2, 0) is 0 Å². The number of benzene rings is 2. The van der Waals surface area contributed by atoms with E-state index in [0.717, 1.165) is 31.1 Å². The average Bonchev–Trinajstić information content (AvgIpc) is 2.51. The first-order chi connectivity index (χ1) is 11.0. The van der Waals surface area contributed by atoms with Gasteiger partial charge in [-0.3, -0.25) is 0 Å². The molecule has 2 rings (SSSR count).